The molecule has 8 nitrogen and oxygen atoms in total. The second-order valence-electron chi connectivity index (χ2n) is 9.43. The zero-order chi connectivity index (χ0) is 23.0. The summed E-state index contributed by atoms with van der Waals surface area (Å²) >= 11 is 0. The van der Waals surface area contributed by atoms with Crippen molar-refractivity contribution in [3.05, 3.63) is 29.8 Å². The lowest BCUT2D eigenvalue weighted by Crippen LogP contribution is -2.46. The third-order valence-electron chi connectivity index (χ3n) is 5.59. The minimum absolute atomic E-state index is 0.0307. The molecule has 32 heavy (non-hydrogen) atoms. The predicted molar refractivity (Wildman–Crippen MR) is 122 cm³/mol. The Morgan fingerprint density at radius 1 is 1.19 bits per heavy atom. The summed E-state index contributed by atoms with van der Waals surface area (Å²) in [6.07, 6.45) is 1.22. The fraction of sp³-hybridized carbons (Fsp3) is 0.667. The number of rotatable bonds is 7. The second kappa shape index (κ2) is 11.5. The number of morpholine rings is 1. The largest absolute Gasteiger partial charge is 0.492 e. The van der Waals surface area contributed by atoms with Crippen LogP contribution in [-0.4, -0.2) is 79.9 Å². The van der Waals surface area contributed by atoms with E-state index in [1.807, 2.05) is 45.0 Å². The number of hydrogen-bond acceptors (Lipinski definition) is 6. The molecule has 2 heterocycles. The van der Waals surface area contributed by atoms with E-state index in [9.17, 15) is 9.59 Å². The van der Waals surface area contributed by atoms with Gasteiger partial charge in [-0.1, -0.05) is 12.1 Å². The molecule has 0 aromatic heterocycles. The molecule has 0 saturated carbocycles. The summed E-state index contributed by atoms with van der Waals surface area (Å²) < 4.78 is 16.7. The molecular formula is C24H37N3O5. The second-order valence-corrected chi connectivity index (χ2v) is 9.43. The van der Waals surface area contributed by atoms with Crippen molar-refractivity contribution < 1.29 is 23.8 Å². The number of nitrogens with one attached hydrogen (secondary N) is 1. The van der Waals surface area contributed by atoms with Gasteiger partial charge in [-0.3, -0.25) is 9.69 Å². The van der Waals surface area contributed by atoms with Crippen LogP contribution in [0.15, 0.2) is 24.3 Å². The van der Waals surface area contributed by atoms with Gasteiger partial charge in [-0.05, 0) is 51.3 Å². The molecule has 0 spiro atoms. The zero-order valence-electron chi connectivity index (χ0n) is 19.6. The number of amides is 2. The van der Waals surface area contributed by atoms with Crippen molar-refractivity contribution in [2.45, 2.75) is 45.8 Å². The molecule has 2 aliphatic heterocycles. The number of ether oxygens (including phenoxy) is 3. The van der Waals surface area contributed by atoms with Gasteiger partial charge in [0, 0.05) is 39.3 Å². The first kappa shape index (κ1) is 24.3. The molecule has 1 N–H and O–H groups in total. The fourth-order valence-electron chi connectivity index (χ4n) is 3.88. The van der Waals surface area contributed by atoms with Crippen LogP contribution in [0.1, 0.15) is 39.2 Å². The summed E-state index contributed by atoms with van der Waals surface area (Å²) in [4.78, 5) is 29.0. The minimum atomic E-state index is -0.540. The summed E-state index contributed by atoms with van der Waals surface area (Å²) in [6.45, 7) is 12.0. The Balaban J connectivity index is 1.42. The lowest BCUT2D eigenvalue weighted by Gasteiger charge is -2.33. The number of hydrogen-bond donors (Lipinski definition) is 1. The Morgan fingerprint density at radius 3 is 2.72 bits per heavy atom. The number of likely N-dealkylation sites (tertiary alicyclic amines) is 1. The monoisotopic (exact) mass is 447 g/mol. The van der Waals surface area contributed by atoms with Gasteiger partial charge in [0.25, 0.3) is 0 Å². The smallest absolute Gasteiger partial charge is 0.410 e. The molecule has 1 atom stereocenters. The highest BCUT2D eigenvalue weighted by atomic mass is 16.6. The SMILES string of the molecule is CC(C)(C)OC(=O)N1CCCC(C(=O)NCc2cccc(OCCN3CCOCC3)c2)C1. The van der Waals surface area contributed by atoms with E-state index in [0.717, 1.165) is 57.0 Å². The maximum absolute atomic E-state index is 12.7. The Morgan fingerprint density at radius 2 is 1.97 bits per heavy atom. The molecule has 2 saturated heterocycles. The van der Waals surface area contributed by atoms with Gasteiger partial charge in [0.05, 0.1) is 19.1 Å². The van der Waals surface area contributed by atoms with Crippen LogP contribution >= 0.6 is 0 Å². The highest BCUT2D eigenvalue weighted by Crippen LogP contribution is 2.20. The highest BCUT2D eigenvalue weighted by molar-refractivity contribution is 5.80. The van der Waals surface area contributed by atoms with E-state index >= 15 is 0 Å². The maximum atomic E-state index is 12.7. The molecule has 0 bridgehead atoms. The van der Waals surface area contributed by atoms with Gasteiger partial charge >= 0.3 is 6.09 Å². The number of benzene rings is 1. The van der Waals surface area contributed by atoms with E-state index in [1.54, 1.807) is 4.90 Å². The van der Waals surface area contributed by atoms with Gasteiger partial charge in [0.15, 0.2) is 0 Å². The minimum Gasteiger partial charge on any atom is -0.492 e. The van der Waals surface area contributed by atoms with E-state index < -0.39 is 5.60 Å². The molecule has 2 aliphatic rings. The van der Waals surface area contributed by atoms with E-state index in [4.69, 9.17) is 14.2 Å². The van der Waals surface area contributed by atoms with Crippen LogP contribution in [0, 0.1) is 5.92 Å². The molecule has 2 amide bonds. The molecular weight excluding hydrogens is 410 g/mol. The molecule has 1 aromatic rings. The lowest BCUT2D eigenvalue weighted by atomic mass is 9.97. The van der Waals surface area contributed by atoms with Crippen molar-refractivity contribution >= 4 is 12.0 Å². The van der Waals surface area contributed by atoms with Crippen LogP contribution in [0.3, 0.4) is 0 Å². The zero-order valence-corrected chi connectivity index (χ0v) is 19.6. The highest BCUT2D eigenvalue weighted by Gasteiger charge is 2.30. The number of piperidine rings is 1. The first-order valence-electron chi connectivity index (χ1n) is 11.6. The van der Waals surface area contributed by atoms with Crippen LogP contribution < -0.4 is 10.1 Å². The van der Waals surface area contributed by atoms with Gasteiger partial charge in [0.1, 0.15) is 18.0 Å². The van der Waals surface area contributed by atoms with Gasteiger partial charge in [-0.2, -0.15) is 0 Å². The molecule has 1 unspecified atom stereocenters. The van der Waals surface area contributed by atoms with E-state index in [2.05, 4.69) is 10.2 Å². The van der Waals surface area contributed by atoms with Crippen LogP contribution in [0.5, 0.6) is 5.75 Å². The van der Waals surface area contributed by atoms with Crippen LogP contribution in [-0.2, 0) is 20.8 Å². The molecule has 0 aliphatic carbocycles. The normalized spacial score (nSPS) is 20.0. The summed E-state index contributed by atoms with van der Waals surface area (Å²) in [5.74, 6) is 0.555. The predicted octanol–water partition coefficient (Wildman–Crippen LogP) is 2.66. The molecule has 8 heteroatoms. The first-order valence-corrected chi connectivity index (χ1v) is 11.6. The van der Waals surface area contributed by atoms with Gasteiger partial charge in [-0.25, -0.2) is 4.79 Å². The topological polar surface area (TPSA) is 80.3 Å². The Kier molecular flexibility index (Phi) is 8.75. The van der Waals surface area contributed by atoms with Crippen molar-refractivity contribution in [2.24, 2.45) is 5.92 Å². The summed E-state index contributed by atoms with van der Waals surface area (Å²) in [7, 11) is 0. The standard InChI is InChI=1S/C24H37N3O5/c1-24(2,3)32-23(29)27-9-5-7-20(18-27)22(28)25-17-19-6-4-8-21(16-19)31-15-12-26-10-13-30-14-11-26/h4,6,8,16,20H,5,7,9-15,17-18H2,1-3H3,(H,25,28). The third-order valence-corrected chi connectivity index (χ3v) is 5.59. The van der Waals surface area contributed by atoms with E-state index in [1.165, 1.54) is 0 Å². The molecule has 0 radical (unpaired) electrons. The van der Waals surface area contributed by atoms with Crippen LogP contribution in [0.4, 0.5) is 4.79 Å². The molecule has 178 valence electrons. The van der Waals surface area contributed by atoms with Gasteiger partial charge in [-0.15, -0.1) is 0 Å². The number of carbonyl (C=O) groups excluding carboxylic acids is 2. The molecule has 3 rings (SSSR count). The Bertz CT molecular complexity index is 758. The van der Waals surface area contributed by atoms with Crippen molar-refractivity contribution in [3.63, 3.8) is 0 Å². The van der Waals surface area contributed by atoms with Crippen LogP contribution in [0.25, 0.3) is 0 Å². The Hall–Kier alpha value is -2.32. The first-order chi connectivity index (χ1) is 15.3. The average Bonchev–Trinajstić information content (AvgIpc) is 2.77. The van der Waals surface area contributed by atoms with E-state index in [0.29, 0.717) is 26.2 Å². The molecule has 2 fully saturated rings. The summed E-state index contributed by atoms with van der Waals surface area (Å²) in [5.41, 5.74) is 0.448. The summed E-state index contributed by atoms with van der Waals surface area (Å²) in [6, 6.07) is 7.82. The maximum Gasteiger partial charge on any atom is 0.410 e. The average molecular weight is 448 g/mol. The number of carbonyl (C=O) groups is 2. The van der Waals surface area contributed by atoms with Crippen LogP contribution in [0.2, 0.25) is 0 Å². The molecule has 1 aromatic carbocycles. The third kappa shape index (κ3) is 7.98. The van der Waals surface area contributed by atoms with Crippen molar-refractivity contribution in [1.29, 1.82) is 0 Å². The summed E-state index contributed by atoms with van der Waals surface area (Å²) in [5, 5.41) is 3.02. The lowest BCUT2D eigenvalue weighted by molar-refractivity contribution is -0.126. The quantitative estimate of drug-likeness (QED) is 0.692. The van der Waals surface area contributed by atoms with Gasteiger partial charge in [0.2, 0.25) is 5.91 Å². The fourth-order valence-corrected chi connectivity index (χ4v) is 3.88. The van der Waals surface area contributed by atoms with Crippen molar-refractivity contribution in [1.82, 2.24) is 15.1 Å². The van der Waals surface area contributed by atoms with Crippen molar-refractivity contribution in [3.8, 4) is 5.75 Å². The van der Waals surface area contributed by atoms with Gasteiger partial charge < -0.3 is 24.4 Å². The van der Waals surface area contributed by atoms with Crippen molar-refractivity contribution in [2.75, 3.05) is 52.5 Å². The number of nitrogens with zero attached hydrogens (tertiary/aromatic N) is 2. The van der Waals surface area contributed by atoms with E-state index in [-0.39, 0.29) is 17.9 Å². The Labute approximate surface area is 191 Å².